The van der Waals surface area contributed by atoms with Gasteiger partial charge in [0, 0.05) is 0 Å². The summed E-state index contributed by atoms with van der Waals surface area (Å²) in [6.07, 6.45) is 1.45. The lowest BCUT2D eigenvalue weighted by Gasteiger charge is -2.21. The molecule has 3 nitrogen and oxygen atoms in total. The van der Waals surface area contributed by atoms with Crippen LogP contribution in [0.1, 0.15) is 26.7 Å². The molecule has 0 atom stereocenters. The Bertz CT molecular complexity index is 720. The maximum atomic E-state index is 12.4. The van der Waals surface area contributed by atoms with Crippen molar-refractivity contribution in [3.05, 3.63) is 42.5 Å². The van der Waals surface area contributed by atoms with Gasteiger partial charge in [-0.1, -0.05) is 44.2 Å². The van der Waals surface area contributed by atoms with E-state index in [2.05, 4.69) is 13.8 Å². The molecule has 0 fully saturated rings. The van der Waals surface area contributed by atoms with E-state index < -0.39 is 9.84 Å². The number of nitrogens with two attached hydrogens (primary N) is 1. The molecule has 0 aliphatic heterocycles. The average Bonchev–Trinajstić information content (AvgIpc) is 2.46. The third-order valence-corrected chi connectivity index (χ3v) is 5.70. The van der Waals surface area contributed by atoms with Gasteiger partial charge in [0.2, 0.25) is 0 Å². The predicted molar refractivity (Wildman–Crippen MR) is 88.1 cm³/mol. The van der Waals surface area contributed by atoms with E-state index >= 15 is 0 Å². The summed E-state index contributed by atoms with van der Waals surface area (Å²) in [7, 11) is -3.22. The van der Waals surface area contributed by atoms with Gasteiger partial charge in [0.25, 0.3) is 0 Å². The van der Waals surface area contributed by atoms with Gasteiger partial charge in [-0.25, -0.2) is 8.42 Å². The molecule has 2 N–H and O–H groups in total. The van der Waals surface area contributed by atoms with Crippen LogP contribution in [0.25, 0.3) is 10.8 Å². The van der Waals surface area contributed by atoms with Crippen LogP contribution in [-0.2, 0) is 9.84 Å². The Morgan fingerprint density at radius 1 is 1.05 bits per heavy atom. The van der Waals surface area contributed by atoms with Crippen molar-refractivity contribution in [1.29, 1.82) is 0 Å². The van der Waals surface area contributed by atoms with E-state index in [1.54, 1.807) is 12.1 Å². The minimum absolute atomic E-state index is 0.00109. The van der Waals surface area contributed by atoms with E-state index in [1.807, 2.05) is 30.3 Å². The fourth-order valence-electron chi connectivity index (χ4n) is 2.32. The molecule has 21 heavy (non-hydrogen) atoms. The lowest BCUT2D eigenvalue weighted by Crippen LogP contribution is -2.24. The summed E-state index contributed by atoms with van der Waals surface area (Å²) < 4.78 is 24.8. The van der Waals surface area contributed by atoms with Crippen molar-refractivity contribution in [2.24, 2.45) is 11.1 Å². The van der Waals surface area contributed by atoms with E-state index in [0.29, 0.717) is 17.9 Å². The molecule has 0 spiro atoms. The molecule has 0 bridgehead atoms. The Labute approximate surface area is 127 Å². The molecule has 114 valence electrons. The first kappa shape index (κ1) is 16.0. The van der Waals surface area contributed by atoms with E-state index in [4.69, 9.17) is 5.73 Å². The smallest absolute Gasteiger partial charge is 0.178 e. The molecule has 2 aromatic carbocycles. The van der Waals surface area contributed by atoms with E-state index in [1.165, 1.54) is 0 Å². The highest BCUT2D eigenvalue weighted by Gasteiger charge is 2.19. The molecule has 0 saturated heterocycles. The number of hydrogen-bond donors (Lipinski definition) is 1. The van der Waals surface area contributed by atoms with Gasteiger partial charge in [0.15, 0.2) is 9.84 Å². The third kappa shape index (κ3) is 4.05. The van der Waals surface area contributed by atoms with Gasteiger partial charge in [0.1, 0.15) is 0 Å². The second kappa shape index (κ2) is 6.16. The molecule has 4 heteroatoms. The van der Waals surface area contributed by atoms with Crippen LogP contribution in [0.3, 0.4) is 0 Å². The van der Waals surface area contributed by atoms with Crippen molar-refractivity contribution >= 4 is 20.6 Å². The van der Waals surface area contributed by atoms with Crippen molar-refractivity contribution in [2.45, 2.75) is 31.6 Å². The molecule has 0 amide bonds. The first-order valence-corrected chi connectivity index (χ1v) is 8.91. The minimum Gasteiger partial charge on any atom is -0.330 e. The third-order valence-electron chi connectivity index (χ3n) is 3.90. The van der Waals surface area contributed by atoms with Crippen LogP contribution in [0, 0.1) is 5.41 Å². The van der Waals surface area contributed by atoms with Gasteiger partial charge in [0.05, 0.1) is 10.6 Å². The normalized spacial score (nSPS) is 12.7. The Hall–Kier alpha value is -1.39. The van der Waals surface area contributed by atoms with Crippen LogP contribution in [0.15, 0.2) is 47.4 Å². The molecule has 0 aliphatic carbocycles. The molecule has 2 aromatic rings. The van der Waals surface area contributed by atoms with Crippen molar-refractivity contribution in [1.82, 2.24) is 0 Å². The maximum absolute atomic E-state index is 12.4. The number of fused-ring (bicyclic) bond motifs is 1. The quantitative estimate of drug-likeness (QED) is 0.890. The number of hydrogen-bond acceptors (Lipinski definition) is 3. The topological polar surface area (TPSA) is 60.2 Å². The van der Waals surface area contributed by atoms with Crippen LogP contribution in [-0.4, -0.2) is 20.7 Å². The minimum atomic E-state index is -3.22. The summed E-state index contributed by atoms with van der Waals surface area (Å²) in [5, 5.41) is 2.02. The molecular weight excluding hydrogens is 282 g/mol. The van der Waals surface area contributed by atoms with Crippen molar-refractivity contribution in [2.75, 3.05) is 12.3 Å². The second-order valence-corrected chi connectivity index (χ2v) is 8.41. The molecule has 2 rings (SSSR count). The predicted octanol–water partition coefficient (Wildman–Crippen LogP) is 3.38. The standard InChI is InChI=1S/C17H23NO2S/c1-17(2,13-18)10-5-11-21(19,20)16-9-8-14-6-3-4-7-15(14)12-16/h3-4,6-9,12H,5,10-11,13,18H2,1-2H3. The highest BCUT2D eigenvalue weighted by Crippen LogP contribution is 2.24. The summed E-state index contributed by atoms with van der Waals surface area (Å²) in [5.74, 6) is 0.175. The first-order chi connectivity index (χ1) is 9.84. The maximum Gasteiger partial charge on any atom is 0.178 e. The molecule has 0 saturated carbocycles. The van der Waals surface area contributed by atoms with Crippen LogP contribution in [0.5, 0.6) is 0 Å². The van der Waals surface area contributed by atoms with Gasteiger partial charge >= 0.3 is 0 Å². The number of rotatable bonds is 6. The highest BCUT2D eigenvalue weighted by atomic mass is 32.2. The summed E-state index contributed by atoms with van der Waals surface area (Å²) in [4.78, 5) is 0.409. The van der Waals surface area contributed by atoms with Crippen molar-refractivity contribution < 1.29 is 8.42 Å². The fourth-order valence-corrected chi connectivity index (χ4v) is 3.66. The zero-order valence-corrected chi connectivity index (χ0v) is 13.5. The van der Waals surface area contributed by atoms with Crippen LogP contribution in [0.4, 0.5) is 0 Å². The van der Waals surface area contributed by atoms with Gasteiger partial charge in [-0.3, -0.25) is 0 Å². The first-order valence-electron chi connectivity index (χ1n) is 7.26. The number of sulfone groups is 1. The molecule has 0 unspecified atom stereocenters. The van der Waals surface area contributed by atoms with Gasteiger partial charge in [-0.2, -0.15) is 0 Å². The van der Waals surface area contributed by atoms with Gasteiger partial charge in [-0.05, 0) is 47.7 Å². The molecule has 0 aliphatic rings. The monoisotopic (exact) mass is 305 g/mol. The molecule has 0 radical (unpaired) electrons. The SMILES string of the molecule is CC(C)(CN)CCCS(=O)(=O)c1ccc2ccccc2c1. The largest absolute Gasteiger partial charge is 0.330 e. The summed E-state index contributed by atoms with van der Waals surface area (Å²) >= 11 is 0. The summed E-state index contributed by atoms with van der Waals surface area (Å²) in [6.45, 7) is 4.70. The lowest BCUT2D eigenvalue weighted by molar-refractivity contribution is 0.344. The van der Waals surface area contributed by atoms with Crippen molar-refractivity contribution in [3.8, 4) is 0 Å². The second-order valence-electron chi connectivity index (χ2n) is 6.30. The van der Waals surface area contributed by atoms with Gasteiger partial charge < -0.3 is 5.73 Å². The lowest BCUT2D eigenvalue weighted by atomic mass is 9.88. The van der Waals surface area contributed by atoms with Crippen LogP contribution < -0.4 is 5.73 Å². The average molecular weight is 305 g/mol. The highest BCUT2D eigenvalue weighted by molar-refractivity contribution is 7.91. The van der Waals surface area contributed by atoms with E-state index in [9.17, 15) is 8.42 Å². The Morgan fingerprint density at radius 3 is 2.38 bits per heavy atom. The molecule has 0 aromatic heterocycles. The van der Waals surface area contributed by atoms with E-state index in [0.717, 1.165) is 17.2 Å². The summed E-state index contributed by atoms with van der Waals surface area (Å²) in [6, 6.07) is 13.1. The Kier molecular flexibility index (Phi) is 4.69. The zero-order valence-electron chi connectivity index (χ0n) is 12.7. The van der Waals surface area contributed by atoms with Crippen LogP contribution >= 0.6 is 0 Å². The Balaban J connectivity index is 2.14. The van der Waals surface area contributed by atoms with Crippen molar-refractivity contribution in [3.63, 3.8) is 0 Å². The zero-order chi connectivity index (χ0) is 15.5. The Morgan fingerprint density at radius 2 is 1.71 bits per heavy atom. The van der Waals surface area contributed by atoms with Crippen LogP contribution in [0.2, 0.25) is 0 Å². The number of benzene rings is 2. The fraction of sp³-hybridized carbons (Fsp3) is 0.412. The van der Waals surface area contributed by atoms with Gasteiger partial charge in [-0.15, -0.1) is 0 Å². The molecule has 0 heterocycles. The van der Waals surface area contributed by atoms with E-state index in [-0.39, 0.29) is 11.2 Å². The summed E-state index contributed by atoms with van der Waals surface area (Å²) in [5.41, 5.74) is 5.68. The molecular formula is C17H23NO2S.